The van der Waals surface area contributed by atoms with Crippen LogP contribution in [0.2, 0.25) is 0 Å². The van der Waals surface area contributed by atoms with Gasteiger partial charge in [-0.15, -0.1) is 11.8 Å². The van der Waals surface area contributed by atoms with Crippen molar-refractivity contribution in [3.05, 3.63) is 48.0 Å². The predicted octanol–water partition coefficient (Wildman–Crippen LogP) is 4.61. The van der Waals surface area contributed by atoms with E-state index in [1.165, 1.54) is 20.3 Å². The minimum absolute atomic E-state index is 0.220. The molecule has 0 fully saturated rings. The molecule has 2 aromatic rings. The number of alkyl halides is 3. The summed E-state index contributed by atoms with van der Waals surface area (Å²) in [5, 5.41) is 2.63. The number of halogens is 3. The van der Waals surface area contributed by atoms with Gasteiger partial charge in [0.15, 0.2) is 11.5 Å². The highest BCUT2D eigenvalue weighted by Crippen LogP contribution is 2.34. The summed E-state index contributed by atoms with van der Waals surface area (Å²) in [6, 6.07) is 11.1. The summed E-state index contributed by atoms with van der Waals surface area (Å²) >= 11 is 0.613. The molecule has 0 bridgehead atoms. The lowest BCUT2D eigenvalue weighted by molar-refractivity contribution is -0.105. The van der Waals surface area contributed by atoms with Gasteiger partial charge >= 0.3 is 6.18 Å². The number of anilines is 1. The fraction of sp³-hybridized carbons (Fsp3) is 0.235. The number of carbonyl (C=O) groups is 1. The molecule has 1 amide bonds. The van der Waals surface area contributed by atoms with E-state index in [-0.39, 0.29) is 11.3 Å². The number of nitrogens with one attached hydrogen (secondary N) is 1. The number of rotatable bonds is 6. The van der Waals surface area contributed by atoms with Crippen LogP contribution in [0.3, 0.4) is 0 Å². The summed E-state index contributed by atoms with van der Waals surface area (Å²) in [6.07, 6.45) is -4.29. The molecule has 4 nitrogen and oxygen atoms in total. The lowest BCUT2D eigenvalue weighted by Crippen LogP contribution is -2.15. The molecule has 25 heavy (non-hydrogen) atoms. The standard InChI is InChI=1S/C17H16F3NO3S/c1-23-13-8-5-6-11(15(13)24-2)16(22)21-12-7-3-4-9-14(12)25-10-17(18,19)20/h3-9H,10H2,1-2H3,(H,21,22). The molecule has 0 saturated heterocycles. The Balaban J connectivity index is 2.24. The third kappa shape index (κ3) is 5.06. The topological polar surface area (TPSA) is 47.6 Å². The van der Waals surface area contributed by atoms with E-state index in [4.69, 9.17) is 9.47 Å². The monoisotopic (exact) mass is 371 g/mol. The van der Waals surface area contributed by atoms with Gasteiger partial charge in [-0.05, 0) is 24.3 Å². The Hall–Kier alpha value is -2.35. The van der Waals surface area contributed by atoms with Crippen LogP contribution < -0.4 is 14.8 Å². The van der Waals surface area contributed by atoms with Crippen LogP contribution in [0, 0.1) is 0 Å². The van der Waals surface area contributed by atoms with Crippen molar-refractivity contribution in [2.45, 2.75) is 11.1 Å². The van der Waals surface area contributed by atoms with Crippen LogP contribution in [0.5, 0.6) is 11.5 Å². The van der Waals surface area contributed by atoms with Gasteiger partial charge in [0.2, 0.25) is 0 Å². The third-order valence-corrected chi connectivity index (χ3v) is 4.31. The summed E-state index contributed by atoms with van der Waals surface area (Å²) in [5.41, 5.74) is 0.518. The second kappa shape index (κ2) is 8.15. The zero-order valence-corrected chi connectivity index (χ0v) is 14.3. The smallest absolute Gasteiger partial charge is 0.398 e. The van der Waals surface area contributed by atoms with Crippen LogP contribution in [0.25, 0.3) is 0 Å². The van der Waals surface area contributed by atoms with E-state index in [0.29, 0.717) is 28.1 Å². The van der Waals surface area contributed by atoms with Crippen LogP contribution >= 0.6 is 11.8 Å². The fourth-order valence-electron chi connectivity index (χ4n) is 2.11. The van der Waals surface area contributed by atoms with E-state index in [2.05, 4.69) is 5.32 Å². The minimum Gasteiger partial charge on any atom is -0.493 e. The molecule has 0 saturated carbocycles. The first-order chi connectivity index (χ1) is 11.9. The Morgan fingerprint density at radius 1 is 1.08 bits per heavy atom. The molecule has 0 aromatic heterocycles. The van der Waals surface area contributed by atoms with Crippen molar-refractivity contribution < 1.29 is 27.4 Å². The molecule has 0 aliphatic heterocycles. The van der Waals surface area contributed by atoms with E-state index in [9.17, 15) is 18.0 Å². The molecular weight excluding hydrogens is 355 g/mol. The maximum atomic E-state index is 12.5. The largest absolute Gasteiger partial charge is 0.493 e. The first-order valence-electron chi connectivity index (χ1n) is 7.16. The maximum Gasteiger partial charge on any atom is 0.398 e. The highest BCUT2D eigenvalue weighted by atomic mass is 32.2. The molecule has 2 rings (SSSR count). The van der Waals surface area contributed by atoms with E-state index >= 15 is 0 Å². The lowest BCUT2D eigenvalue weighted by Gasteiger charge is -2.14. The van der Waals surface area contributed by atoms with Crippen LogP contribution in [-0.4, -0.2) is 32.1 Å². The Kier molecular flexibility index (Phi) is 6.19. The normalized spacial score (nSPS) is 11.1. The highest BCUT2D eigenvalue weighted by Gasteiger charge is 2.28. The number of amides is 1. The van der Waals surface area contributed by atoms with E-state index in [1.807, 2.05) is 0 Å². The molecule has 0 heterocycles. The van der Waals surface area contributed by atoms with Crippen LogP contribution in [0.15, 0.2) is 47.4 Å². The molecule has 0 radical (unpaired) electrons. The Morgan fingerprint density at radius 2 is 1.80 bits per heavy atom. The number of methoxy groups -OCH3 is 2. The van der Waals surface area contributed by atoms with Crippen molar-refractivity contribution in [3.63, 3.8) is 0 Å². The SMILES string of the molecule is COc1cccc(C(=O)Nc2ccccc2SCC(F)(F)F)c1OC. The summed E-state index contributed by atoms with van der Waals surface area (Å²) in [7, 11) is 2.85. The molecular formula is C17H16F3NO3S. The van der Waals surface area contributed by atoms with Crippen molar-refractivity contribution in [1.29, 1.82) is 0 Å². The molecule has 2 aromatic carbocycles. The van der Waals surface area contributed by atoms with Crippen molar-refractivity contribution in [2.24, 2.45) is 0 Å². The van der Waals surface area contributed by atoms with Crippen molar-refractivity contribution in [3.8, 4) is 11.5 Å². The van der Waals surface area contributed by atoms with Gasteiger partial charge in [0, 0.05) is 4.90 Å². The van der Waals surface area contributed by atoms with E-state index in [1.54, 1.807) is 36.4 Å². The molecule has 0 unspecified atom stereocenters. The number of carbonyl (C=O) groups excluding carboxylic acids is 1. The molecule has 8 heteroatoms. The van der Waals surface area contributed by atoms with Crippen molar-refractivity contribution in [2.75, 3.05) is 25.3 Å². The van der Waals surface area contributed by atoms with Crippen molar-refractivity contribution in [1.82, 2.24) is 0 Å². The summed E-state index contributed by atoms with van der Waals surface area (Å²) in [5.74, 6) is -0.906. The average molecular weight is 371 g/mol. The number of hydrogen-bond acceptors (Lipinski definition) is 4. The Bertz CT molecular complexity index is 750. The van der Waals surface area contributed by atoms with Gasteiger partial charge in [-0.2, -0.15) is 13.2 Å². The lowest BCUT2D eigenvalue weighted by atomic mass is 10.1. The Labute approximate surface area is 147 Å². The molecule has 0 atom stereocenters. The van der Waals surface area contributed by atoms with Gasteiger partial charge in [0.1, 0.15) is 0 Å². The third-order valence-electron chi connectivity index (χ3n) is 3.17. The second-order valence-electron chi connectivity index (χ2n) is 4.90. The zero-order chi connectivity index (χ0) is 18.4. The predicted molar refractivity (Wildman–Crippen MR) is 90.7 cm³/mol. The quantitative estimate of drug-likeness (QED) is 0.754. The van der Waals surface area contributed by atoms with Crippen LogP contribution in [0.1, 0.15) is 10.4 Å². The van der Waals surface area contributed by atoms with Gasteiger partial charge in [-0.1, -0.05) is 18.2 Å². The minimum atomic E-state index is -4.29. The summed E-state index contributed by atoms with van der Waals surface area (Å²) in [6.45, 7) is 0. The molecule has 1 N–H and O–H groups in total. The molecule has 0 aliphatic carbocycles. The van der Waals surface area contributed by atoms with Crippen LogP contribution in [0.4, 0.5) is 18.9 Å². The average Bonchev–Trinajstić information content (AvgIpc) is 2.59. The zero-order valence-electron chi connectivity index (χ0n) is 13.5. The number of para-hydroxylation sites is 2. The number of hydrogen-bond donors (Lipinski definition) is 1. The molecule has 134 valence electrons. The van der Waals surface area contributed by atoms with Gasteiger partial charge in [0.25, 0.3) is 5.91 Å². The first-order valence-corrected chi connectivity index (χ1v) is 8.15. The number of thioether (sulfide) groups is 1. The fourth-order valence-corrected chi connectivity index (χ4v) is 2.88. The highest BCUT2D eigenvalue weighted by molar-refractivity contribution is 7.99. The van der Waals surface area contributed by atoms with E-state index < -0.39 is 17.8 Å². The van der Waals surface area contributed by atoms with Gasteiger partial charge in [-0.25, -0.2) is 0 Å². The van der Waals surface area contributed by atoms with Crippen molar-refractivity contribution >= 4 is 23.4 Å². The summed E-state index contributed by atoms with van der Waals surface area (Å²) in [4.78, 5) is 12.9. The number of benzene rings is 2. The first kappa shape index (κ1) is 19.0. The maximum absolute atomic E-state index is 12.5. The van der Waals surface area contributed by atoms with Gasteiger partial charge in [0.05, 0.1) is 31.2 Å². The van der Waals surface area contributed by atoms with Crippen LogP contribution in [-0.2, 0) is 0 Å². The number of ether oxygens (including phenoxy) is 2. The summed E-state index contributed by atoms with van der Waals surface area (Å²) < 4.78 is 47.7. The van der Waals surface area contributed by atoms with E-state index in [0.717, 1.165) is 0 Å². The van der Waals surface area contributed by atoms with Gasteiger partial charge in [-0.3, -0.25) is 4.79 Å². The van der Waals surface area contributed by atoms with Gasteiger partial charge < -0.3 is 14.8 Å². The Morgan fingerprint density at radius 3 is 2.44 bits per heavy atom. The second-order valence-corrected chi connectivity index (χ2v) is 5.91. The molecule has 0 aliphatic rings. The molecule has 0 spiro atoms.